The van der Waals surface area contributed by atoms with Crippen LogP contribution >= 0.6 is 0 Å². The maximum Gasteiger partial charge on any atom is 0.573 e. The third kappa shape index (κ3) is 4.51. The lowest BCUT2D eigenvalue weighted by Gasteiger charge is -2.13. The smallest absolute Gasteiger partial charge is 0.445 e. The lowest BCUT2D eigenvalue weighted by Crippen LogP contribution is -2.17. The maximum absolute atomic E-state index is 12.2. The number of alkyl halides is 3. The molecule has 0 aliphatic carbocycles. The molecule has 0 aliphatic heterocycles. The summed E-state index contributed by atoms with van der Waals surface area (Å²) in [5, 5.41) is 0. The fourth-order valence-corrected chi connectivity index (χ4v) is 1.77. The minimum Gasteiger partial charge on any atom is -0.445 e. The molecule has 114 valence electrons. The summed E-state index contributed by atoms with van der Waals surface area (Å²) in [6.07, 6.45) is -2.74. The van der Waals surface area contributed by atoms with Gasteiger partial charge in [0.15, 0.2) is 5.89 Å². The summed E-state index contributed by atoms with van der Waals surface area (Å²) in [6, 6.07) is 5.79. The van der Waals surface area contributed by atoms with Crippen molar-refractivity contribution in [3.05, 3.63) is 47.7 Å². The molecular formula is C15H16F3NO2. The van der Waals surface area contributed by atoms with Crippen LogP contribution in [0.1, 0.15) is 38.0 Å². The van der Waals surface area contributed by atoms with E-state index in [1.165, 1.54) is 18.2 Å². The second-order valence-electron chi connectivity index (χ2n) is 5.74. The highest BCUT2D eigenvalue weighted by Gasteiger charge is 2.31. The van der Waals surface area contributed by atoms with E-state index in [0.717, 1.165) is 5.76 Å². The molecule has 0 atom stereocenters. The first-order valence-electron chi connectivity index (χ1n) is 6.43. The normalized spacial score (nSPS) is 12.5. The molecule has 0 aliphatic rings. The van der Waals surface area contributed by atoms with Crippen molar-refractivity contribution in [2.24, 2.45) is 0 Å². The van der Waals surface area contributed by atoms with E-state index in [1.807, 2.05) is 20.8 Å². The van der Waals surface area contributed by atoms with E-state index in [9.17, 15) is 13.2 Å². The first-order valence-corrected chi connectivity index (χ1v) is 6.43. The third-order valence-corrected chi connectivity index (χ3v) is 2.78. The van der Waals surface area contributed by atoms with E-state index >= 15 is 0 Å². The molecule has 2 rings (SSSR count). The van der Waals surface area contributed by atoms with Gasteiger partial charge in [-0.15, -0.1) is 13.2 Å². The first-order chi connectivity index (χ1) is 9.63. The summed E-state index contributed by atoms with van der Waals surface area (Å²) in [4.78, 5) is 4.15. The van der Waals surface area contributed by atoms with Gasteiger partial charge < -0.3 is 9.15 Å². The highest BCUT2D eigenvalue weighted by atomic mass is 19.4. The molecule has 0 radical (unpaired) electrons. The van der Waals surface area contributed by atoms with Crippen molar-refractivity contribution in [2.75, 3.05) is 0 Å². The van der Waals surface area contributed by atoms with Gasteiger partial charge >= 0.3 is 6.36 Å². The van der Waals surface area contributed by atoms with Crippen LogP contribution in [0.3, 0.4) is 0 Å². The van der Waals surface area contributed by atoms with Crippen LogP contribution in [0.5, 0.6) is 5.75 Å². The van der Waals surface area contributed by atoms with Crippen molar-refractivity contribution in [3.8, 4) is 5.75 Å². The average molecular weight is 299 g/mol. The standard InChI is InChI=1S/C15H16F3NO2/c1-14(2,3)12-9-19-13(20-12)8-10-5-4-6-11(7-10)21-15(16,17)18/h4-7,9H,8H2,1-3H3. The summed E-state index contributed by atoms with van der Waals surface area (Å²) < 4.78 is 46.1. The molecule has 0 fully saturated rings. The van der Waals surface area contributed by atoms with Gasteiger partial charge in [-0.2, -0.15) is 0 Å². The molecule has 6 heteroatoms. The number of nitrogens with zero attached hydrogens (tertiary/aromatic N) is 1. The van der Waals surface area contributed by atoms with Gasteiger partial charge in [-0.1, -0.05) is 32.9 Å². The maximum atomic E-state index is 12.2. The fraction of sp³-hybridized carbons (Fsp3) is 0.400. The molecule has 0 unspecified atom stereocenters. The lowest BCUT2D eigenvalue weighted by atomic mass is 9.94. The second-order valence-corrected chi connectivity index (χ2v) is 5.74. The summed E-state index contributed by atoms with van der Waals surface area (Å²) in [6.45, 7) is 5.99. The molecule has 2 aromatic rings. The summed E-state index contributed by atoms with van der Waals surface area (Å²) in [7, 11) is 0. The SMILES string of the molecule is CC(C)(C)c1cnc(Cc2cccc(OC(F)(F)F)c2)o1. The van der Waals surface area contributed by atoms with Crippen LogP contribution in [0.15, 0.2) is 34.9 Å². The second kappa shape index (κ2) is 5.42. The summed E-state index contributed by atoms with van der Waals surface area (Å²) in [5.74, 6) is 0.951. The molecule has 1 aromatic carbocycles. The Morgan fingerprint density at radius 1 is 1.19 bits per heavy atom. The van der Waals surface area contributed by atoms with Gasteiger partial charge in [0.25, 0.3) is 0 Å². The topological polar surface area (TPSA) is 35.3 Å². The average Bonchev–Trinajstić information content (AvgIpc) is 2.75. The van der Waals surface area contributed by atoms with Crippen LogP contribution in [0.2, 0.25) is 0 Å². The highest BCUT2D eigenvalue weighted by Crippen LogP contribution is 2.26. The van der Waals surface area contributed by atoms with Gasteiger partial charge in [-0.3, -0.25) is 0 Å². The van der Waals surface area contributed by atoms with E-state index in [0.29, 0.717) is 17.9 Å². The molecular weight excluding hydrogens is 283 g/mol. The molecule has 21 heavy (non-hydrogen) atoms. The minimum atomic E-state index is -4.69. The summed E-state index contributed by atoms with van der Waals surface area (Å²) >= 11 is 0. The van der Waals surface area contributed by atoms with Gasteiger partial charge in [-0.25, -0.2) is 4.98 Å². The number of hydrogen-bond acceptors (Lipinski definition) is 3. The number of hydrogen-bond donors (Lipinski definition) is 0. The van der Waals surface area contributed by atoms with Crippen molar-refractivity contribution < 1.29 is 22.3 Å². The van der Waals surface area contributed by atoms with Gasteiger partial charge in [0.2, 0.25) is 0 Å². The molecule has 0 saturated heterocycles. The molecule has 0 N–H and O–H groups in total. The zero-order valence-corrected chi connectivity index (χ0v) is 12.0. The number of oxazole rings is 1. The highest BCUT2D eigenvalue weighted by molar-refractivity contribution is 5.30. The van der Waals surface area contributed by atoms with Gasteiger partial charge in [0, 0.05) is 11.8 Å². The molecule has 0 saturated carbocycles. The molecule has 0 spiro atoms. The van der Waals surface area contributed by atoms with Crippen molar-refractivity contribution >= 4 is 0 Å². The van der Waals surface area contributed by atoms with E-state index in [4.69, 9.17) is 4.42 Å². The zero-order valence-electron chi connectivity index (χ0n) is 12.0. The zero-order chi connectivity index (χ0) is 15.7. The Hall–Kier alpha value is -1.98. The number of halogens is 3. The van der Waals surface area contributed by atoms with Gasteiger partial charge in [0.05, 0.1) is 6.20 Å². The van der Waals surface area contributed by atoms with Crippen LogP contribution < -0.4 is 4.74 Å². The van der Waals surface area contributed by atoms with E-state index < -0.39 is 6.36 Å². The number of aromatic nitrogens is 1. The number of ether oxygens (including phenoxy) is 1. The Bertz CT molecular complexity index is 612. The van der Waals surface area contributed by atoms with Crippen LogP contribution in [-0.4, -0.2) is 11.3 Å². The quantitative estimate of drug-likeness (QED) is 0.839. The minimum absolute atomic E-state index is 0.160. The number of rotatable bonds is 3. The van der Waals surface area contributed by atoms with Crippen molar-refractivity contribution in [1.29, 1.82) is 0 Å². The van der Waals surface area contributed by atoms with E-state index in [2.05, 4.69) is 9.72 Å². The van der Waals surface area contributed by atoms with Gasteiger partial charge in [0.1, 0.15) is 11.5 Å². The van der Waals surface area contributed by atoms with Crippen molar-refractivity contribution in [3.63, 3.8) is 0 Å². The van der Waals surface area contributed by atoms with Crippen LogP contribution in [0.4, 0.5) is 13.2 Å². The number of benzene rings is 1. The monoisotopic (exact) mass is 299 g/mol. The largest absolute Gasteiger partial charge is 0.573 e. The molecule has 0 amide bonds. The molecule has 1 aromatic heterocycles. The Morgan fingerprint density at radius 2 is 1.90 bits per heavy atom. The molecule has 0 bridgehead atoms. The summed E-state index contributed by atoms with van der Waals surface area (Å²) in [5.41, 5.74) is 0.478. The van der Waals surface area contributed by atoms with Crippen LogP contribution in [-0.2, 0) is 11.8 Å². The van der Waals surface area contributed by atoms with Gasteiger partial charge in [-0.05, 0) is 17.7 Å². The molecule has 3 nitrogen and oxygen atoms in total. The Balaban J connectivity index is 2.13. The van der Waals surface area contributed by atoms with Crippen molar-refractivity contribution in [2.45, 2.75) is 39.0 Å². The van der Waals surface area contributed by atoms with Crippen molar-refractivity contribution in [1.82, 2.24) is 4.98 Å². The van der Waals surface area contributed by atoms with E-state index in [1.54, 1.807) is 12.3 Å². The predicted octanol–water partition coefficient (Wildman–Crippen LogP) is 4.46. The van der Waals surface area contributed by atoms with E-state index in [-0.39, 0.29) is 11.2 Å². The fourth-order valence-electron chi connectivity index (χ4n) is 1.77. The molecule has 1 heterocycles. The predicted molar refractivity (Wildman–Crippen MR) is 71.1 cm³/mol. The Labute approximate surface area is 120 Å². The third-order valence-electron chi connectivity index (χ3n) is 2.78. The first kappa shape index (κ1) is 15.4. The Kier molecular flexibility index (Phi) is 3.98. The Morgan fingerprint density at radius 3 is 2.48 bits per heavy atom. The lowest BCUT2D eigenvalue weighted by molar-refractivity contribution is -0.274. The van der Waals surface area contributed by atoms with Crippen LogP contribution in [0, 0.1) is 0 Å². The van der Waals surface area contributed by atoms with Crippen LogP contribution in [0.25, 0.3) is 0 Å².